The Hall–Kier alpha value is -0.880. The van der Waals surface area contributed by atoms with E-state index in [9.17, 15) is 0 Å². The van der Waals surface area contributed by atoms with Crippen LogP contribution in [-0.2, 0) is 0 Å². The van der Waals surface area contributed by atoms with Gasteiger partial charge in [-0.15, -0.1) is 0 Å². The van der Waals surface area contributed by atoms with Crippen LogP contribution in [0.2, 0.25) is 0 Å². The maximum atomic E-state index is 5.62. The zero-order valence-corrected chi connectivity index (χ0v) is 11.6. The van der Waals surface area contributed by atoms with E-state index < -0.39 is 0 Å². The summed E-state index contributed by atoms with van der Waals surface area (Å²) in [7, 11) is 2.04. The van der Waals surface area contributed by atoms with E-state index in [4.69, 9.17) is 18.0 Å². The predicted molar refractivity (Wildman–Crippen MR) is 76.8 cm³/mol. The molecule has 2 heterocycles. The van der Waals surface area contributed by atoms with Gasteiger partial charge in [0.15, 0.2) is 0 Å². The Kier molecular flexibility index (Phi) is 3.83. The van der Waals surface area contributed by atoms with Crippen molar-refractivity contribution >= 4 is 34.9 Å². The Morgan fingerprint density at radius 3 is 2.94 bits per heavy atom. The molecule has 2 rings (SSSR count). The van der Waals surface area contributed by atoms with Crippen molar-refractivity contribution in [2.75, 3.05) is 23.5 Å². The van der Waals surface area contributed by atoms with Gasteiger partial charge in [0, 0.05) is 24.5 Å². The van der Waals surface area contributed by atoms with Gasteiger partial charge >= 0.3 is 0 Å². The van der Waals surface area contributed by atoms with Crippen LogP contribution in [0.1, 0.15) is 17.8 Å². The molecule has 92 valence electrons. The molecule has 0 saturated carbocycles. The van der Waals surface area contributed by atoms with Gasteiger partial charge in [-0.05, 0) is 25.2 Å². The number of nitrogens with zero attached hydrogens (tertiary/aromatic N) is 3. The molecule has 6 heteroatoms. The van der Waals surface area contributed by atoms with Gasteiger partial charge in [0.2, 0.25) is 5.95 Å². The lowest BCUT2D eigenvalue weighted by atomic mass is 10.2. The van der Waals surface area contributed by atoms with Crippen LogP contribution < -0.4 is 10.6 Å². The lowest BCUT2D eigenvalue weighted by Gasteiger charge is -2.24. The Balaban J connectivity index is 2.27. The van der Waals surface area contributed by atoms with Crippen molar-refractivity contribution in [3.63, 3.8) is 0 Å². The molecule has 17 heavy (non-hydrogen) atoms. The van der Waals surface area contributed by atoms with Crippen molar-refractivity contribution < 1.29 is 0 Å². The molecule has 1 saturated heterocycles. The molecule has 1 aromatic rings. The molecule has 1 fully saturated rings. The second-order valence-corrected chi connectivity index (χ2v) is 5.78. The maximum absolute atomic E-state index is 5.62. The summed E-state index contributed by atoms with van der Waals surface area (Å²) in [5, 5.41) is 0. The Labute approximate surface area is 111 Å². The summed E-state index contributed by atoms with van der Waals surface area (Å²) >= 11 is 6.94. The van der Waals surface area contributed by atoms with E-state index in [1.165, 1.54) is 12.2 Å². The highest BCUT2D eigenvalue weighted by molar-refractivity contribution is 7.99. The fraction of sp³-hybridized carbons (Fsp3) is 0.545. The fourth-order valence-electron chi connectivity index (χ4n) is 1.83. The zero-order valence-electron chi connectivity index (χ0n) is 10.0. The third-order valence-corrected chi connectivity index (χ3v) is 4.22. The lowest BCUT2D eigenvalue weighted by molar-refractivity contribution is 0.679. The van der Waals surface area contributed by atoms with Crippen LogP contribution in [0, 0.1) is 6.92 Å². The van der Waals surface area contributed by atoms with Gasteiger partial charge < -0.3 is 10.6 Å². The third-order valence-electron chi connectivity index (χ3n) is 2.86. The van der Waals surface area contributed by atoms with Gasteiger partial charge in [0.1, 0.15) is 10.7 Å². The second kappa shape index (κ2) is 5.18. The van der Waals surface area contributed by atoms with E-state index in [1.807, 2.05) is 31.8 Å². The standard InChI is InChI=1S/C11H16N4S2/c1-7-5-9(10(12)16)14-11(13-7)15(2)8-3-4-17-6-8/h5,8H,3-4,6H2,1-2H3,(H2,12,16). The normalized spacial score (nSPS) is 19.3. The third kappa shape index (κ3) is 2.87. The van der Waals surface area contributed by atoms with Crippen LogP contribution in [0.5, 0.6) is 0 Å². The number of rotatable bonds is 3. The van der Waals surface area contributed by atoms with Crippen molar-refractivity contribution in [1.82, 2.24) is 9.97 Å². The second-order valence-electron chi connectivity index (χ2n) is 4.19. The SMILES string of the molecule is Cc1cc(C(N)=S)nc(N(C)C2CCSC2)n1. The molecule has 1 atom stereocenters. The summed E-state index contributed by atoms with van der Waals surface area (Å²) in [6, 6.07) is 2.34. The number of anilines is 1. The average molecular weight is 268 g/mol. The number of aromatic nitrogens is 2. The summed E-state index contributed by atoms with van der Waals surface area (Å²) in [6.07, 6.45) is 1.18. The molecule has 0 aliphatic carbocycles. The zero-order chi connectivity index (χ0) is 12.4. The van der Waals surface area contributed by atoms with Crippen molar-refractivity contribution in [3.8, 4) is 0 Å². The highest BCUT2D eigenvalue weighted by Gasteiger charge is 2.22. The number of hydrogen-bond acceptors (Lipinski definition) is 5. The number of thiocarbonyl (C=S) groups is 1. The van der Waals surface area contributed by atoms with Crippen molar-refractivity contribution in [1.29, 1.82) is 0 Å². The monoisotopic (exact) mass is 268 g/mol. The molecular formula is C11H16N4S2. The first-order valence-corrected chi connectivity index (χ1v) is 7.10. The lowest BCUT2D eigenvalue weighted by Crippen LogP contribution is -2.33. The Bertz CT molecular complexity index is 429. The largest absolute Gasteiger partial charge is 0.388 e. The van der Waals surface area contributed by atoms with Crippen LogP contribution in [0.4, 0.5) is 5.95 Å². The van der Waals surface area contributed by atoms with E-state index in [0.29, 0.717) is 16.7 Å². The molecule has 2 N–H and O–H groups in total. The van der Waals surface area contributed by atoms with E-state index in [1.54, 1.807) is 0 Å². The Morgan fingerprint density at radius 1 is 1.59 bits per heavy atom. The molecule has 0 amide bonds. The van der Waals surface area contributed by atoms with Crippen molar-refractivity contribution in [2.24, 2.45) is 5.73 Å². The first-order valence-electron chi connectivity index (χ1n) is 5.54. The van der Waals surface area contributed by atoms with E-state index in [-0.39, 0.29) is 0 Å². The van der Waals surface area contributed by atoms with E-state index in [0.717, 1.165) is 17.4 Å². The average Bonchev–Trinajstić information content (AvgIpc) is 2.80. The highest BCUT2D eigenvalue weighted by atomic mass is 32.2. The molecular weight excluding hydrogens is 252 g/mol. The summed E-state index contributed by atoms with van der Waals surface area (Å²) < 4.78 is 0. The van der Waals surface area contributed by atoms with Gasteiger partial charge in [0.25, 0.3) is 0 Å². The predicted octanol–water partition coefficient (Wildman–Crippen LogP) is 1.36. The quantitative estimate of drug-likeness (QED) is 0.836. The summed E-state index contributed by atoms with van der Waals surface area (Å²) in [6.45, 7) is 1.93. The molecule has 0 bridgehead atoms. The van der Waals surface area contributed by atoms with Gasteiger partial charge in [-0.2, -0.15) is 11.8 Å². The minimum atomic E-state index is 0.325. The molecule has 0 spiro atoms. The Morgan fingerprint density at radius 2 is 2.35 bits per heavy atom. The van der Waals surface area contributed by atoms with Gasteiger partial charge in [0.05, 0.1) is 0 Å². The van der Waals surface area contributed by atoms with Crippen LogP contribution >= 0.6 is 24.0 Å². The first-order chi connectivity index (χ1) is 8.08. The van der Waals surface area contributed by atoms with Crippen LogP contribution in [0.15, 0.2) is 6.07 Å². The van der Waals surface area contributed by atoms with Gasteiger partial charge in [-0.25, -0.2) is 9.97 Å². The number of hydrogen-bond donors (Lipinski definition) is 1. The molecule has 0 aromatic carbocycles. The smallest absolute Gasteiger partial charge is 0.226 e. The van der Waals surface area contributed by atoms with Crippen molar-refractivity contribution in [2.45, 2.75) is 19.4 Å². The van der Waals surface area contributed by atoms with Crippen LogP contribution in [-0.4, -0.2) is 39.6 Å². The molecule has 1 aliphatic rings. The minimum Gasteiger partial charge on any atom is -0.388 e. The molecule has 0 radical (unpaired) electrons. The minimum absolute atomic E-state index is 0.325. The number of aryl methyl sites for hydroxylation is 1. The van der Waals surface area contributed by atoms with E-state index in [2.05, 4.69) is 14.9 Å². The first kappa shape index (κ1) is 12.6. The van der Waals surface area contributed by atoms with Crippen LogP contribution in [0.25, 0.3) is 0 Å². The maximum Gasteiger partial charge on any atom is 0.226 e. The fourth-order valence-corrected chi connectivity index (χ4v) is 3.20. The summed E-state index contributed by atoms with van der Waals surface area (Å²) in [5.41, 5.74) is 7.17. The molecule has 1 aromatic heterocycles. The van der Waals surface area contributed by atoms with Crippen LogP contribution in [0.3, 0.4) is 0 Å². The number of thioether (sulfide) groups is 1. The van der Waals surface area contributed by atoms with Gasteiger partial charge in [-0.1, -0.05) is 12.2 Å². The number of nitrogens with two attached hydrogens (primary N) is 1. The highest BCUT2D eigenvalue weighted by Crippen LogP contribution is 2.24. The summed E-state index contributed by atoms with van der Waals surface area (Å²) in [4.78, 5) is 11.3. The van der Waals surface area contributed by atoms with E-state index >= 15 is 0 Å². The summed E-state index contributed by atoms with van der Waals surface area (Å²) in [5.74, 6) is 3.07. The van der Waals surface area contributed by atoms with Crippen molar-refractivity contribution in [3.05, 3.63) is 17.5 Å². The molecule has 1 unspecified atom stereocenters. The van der Waals surface area contributed by atoms with Gasteiger partial charge in [-0.3, -0.25) is 0 Å². The molecule has 4 nitrogen and oxygen atoms in total. The molecule has 1 aliphatic heterocycles. The topological polar surface area (TPSA) is 55.0 Å².